The fourth-order valence-corrected chi connectivity index (χ4v) is 9.95. The number of rotatable bonds is 10. The molecule has 0 bridgehead atoms. The lowest BCUT2D eigenvalue weighted by atomic mass is 9.78. The van der Waals surface area contributed by atoms with E-state index in [0.717, 1.165) is 39.4 Å². The standard InChI is InChI=1S/C64H64N4O/c1-61(2,3)49-34-45(44-22-14-11-15-23-44)35-51(36-49)66-42-59(64(9,10)47-26-18-13-19-27-47)67(43-66)52-37-50(62(4,5)6)38-54(40-52)69-53-30-31-56-55-28-20-21-29-57(55)68(58(56)41-53)60-39-48(32-33-65-60)63(7,8)46-24-16-12-17-25-46/h11-42H,43H2,1-10H3. The second-order valence-electron chi connectivity index (χ2n) is 21.9. The first-order valence-corrected chi connectivity index (χ1v) is 24.4. The number of ether oxygens (including phenoxy) is 1. The summed E-state index contributed by atoms with van der Waals surface area (Å²) in [6, 6.07) is 65.8. The zero-order valence-electron chi connectivity index (χ0n) is 41.9. The summed E-state index contributed by atoms with van der Waals surface area (Å²) in [7, 11) is 0. The molecule has 69 heavy (non-hydrogen) atoms. The Balaban J connectivity index is 1.08. The Kier molecular flexibility index (Phi) is 11.4. The molecule has 3 heterocycles. The minimum atomic E-state index is -0.335. The minimum absolute atomic E-state index is 0.0424. The van der Waals surface area contributed by atoms with Gasteiger partial charge in [-0.2, -0.15) is 0 Å². The van der Waals surface area contributed by atoms with Crippen LogP contribution in [-0.4, -0.2) is 16.2 Å². The third kappa shape index (κ3) is 8.72. The van der Waals surface area contributed by atoms with E-state index in [-0.39, 0.29) is 21.7 Å². The van der Waals surface area contributed by atoms with Crippen molar-refractivity contribution in [1.82, 2.24) is 9.55 Å². The number of anilines is 2. The summed E-state index contributed by atoms with van der Waals surface area (Å²) >= 11 is 0. The highest BCUT2D eigenvalue weighted by molar-refractivity contribution is 6.09. The Bertz CT molecular complexity index is 3350. The van der Waals surface area contributed by atoms with Crippen LogP contribution in [0.1, 0.15) is 97.1 Å². The second-order valence-corrected chi connectivity index (χ2v) is 21.9. The van der Waals surface area contributed by atoms with E-state index < -0.39 is 0 Å². The maximum atomic E-state index is 7.09. The van der Waals surface area contributed by atoms with Crippen LogP contribution in [0.2, 0.25) is 0 Å². The molecule has 0 unspecified atom stereocenters. The van der Waals surface area contributed by atoms with Crippen molar-refractivity contribution in [2.75, 3.05) is 16.5 Å². The quantitative estimate of drug-likeness (QED) is 0.137. The zero-order valence-corrected chi connectivity index (χ0v) is 41.9. The van der Waals surface area contributed by atoms with Crippen molar-refractivity contribution in [2.24, 2.45) is 0 Å². The Hall–Kier alpha value is -7.37. The lowest BCUT2D eigenvalue weighted by molar-refractivity contribution is 0.479. The molecule has 0 atom stereocenters. The van der Waals surface area contributed by atoms with Gasteiger partial charge in [0.05, 0.1) is 17.7 Å². The molecular weight excluding hydrogens is 841 g/mol. The van der Waals surface area contributed by atoms with E-state index in [1.165, 1.54) is 55.7 Å². The van der Waals surface area contributed by atoms with Crippen LogP contribution in [0.5, 0.6) is 11.5 Å². The number of pyridine rings is 1. The Morgan fingerprint density at radius 1 is 0.435 bits per heavy atom. The summed E-state index contributed by atoms with van der Waals surface area (Å²) in [6.45, 7) is 23.6. The number of nitrogens with zero attached hydrogens (tertiary/aromatic N) is 4. The topological polar surface area (TPSA) is 33.5 Å². The first-order chi connectivity index (χ1) is 32.9. The molecular formula is C64H64N4O. The van der Waals surface area contributed by atoms with Crippen molar-refractivity contribution in [3.05, 3.63) is 228 Å². The van der Waals surface area contributed by atoms with Crippen LogP contribution in [0, 0.1) is 0 Å². The van der Waals surface area contributed by atoms with Crippen LogP contribution in [0.15, 0.2) is 200 Å². The summed E-state index contributed by atoms with van der Waals surface area (Å²) in [5.41, 5.74) is 13.5. The van der Waals surface area contributed by atoms with Crippen molar-refractivity contribution >= 4 is 33.2 Å². The van der Waals surface area contributed by atoms with E-state index in [4.69, 9.17) is 9.72 Å². The highest BCUT2D eigenvalue weighted by Crippen LogP contribution is 2.45. The first-order valence-electron chi connectivity index (χ1n) is 24.4. The molecule has 5 heteroatoms. The van der Waals surface area contributed by atoms with Gasteiger partial charge >= 0.3 is 0 Å². The fraction of sp³-hybridized carbons (Fsp3) is 0.234. The molecule has 9 aromatic rings. The van der Waals surface area contributed by atoms with Gasteiger partial charge < -0.3 is 14.5 Å². The minimum Gasteiger partial charge on any atom is -0.457 e. The average molecular weight is 905 g/mol. The maximum absolute atomic E-state index is 7.09. The molecule has 0 fully saturated rings. The Morgan fingerprint density at radius 3 is 1.71 bits per heavy atom. The van der Waals surface area contributed by atoms with Gasteiger partial charge in [0.25, 0.3) is 0 Å². The molecule has 10 rings (SSSR count). The highest BCUT2D eigenvalue weighted by Gasteiger charge is 2.37. The zero-order chi connectivity index (χ0) is 48.3. The Morgan fingerprint density at radius 2 is 1.03 bits per heavy atom. The van der Waals surface area contributed by atoms with E-state index in [1.54, 1.807) is 0 Å². The summed E-state index contributed by atoms with van der Waals surface area (Å²) < 4.78 is 9.38. The number of aromatic nitrogens is 2. The van der Waals surface area contributed by atoms with Crippen LogP contribution in [0.3, 0.4) is 0 Å². The Labute approximate surface area is 409 Å². The predicted molar refractivity (Wildman–Crippen MR) is 290 cm³/mol. The van der Waals surface area contributed by atoms with E-state index in [2.05, 4.69) is 272 Å². The van der Waals surface area contributed by atoms with E-state index in [0.29, 0.717) is 6.67 Å². The molecule has 2 aromatic heterocycles. The number of hydrogen-bond acceptors (Lipinski definition) is 4. The first kappa shape index (κ1) is 45.4. The highest BCUT2D eigenvalue weighted by atomic mass is 16.5. The average Bonchev–Trinajstić information content (AvgIpc) is 3.95. The van der Waals surface area contributed by atoms with Crippen LogP contribution in [-0.2, 0) is 21.7 Å². The summed E-state index contributed by atoms with van der Waals surface area (Å²) in [5, 5.41) is 2.33. The van der Waals surface area contributed by atoms with Crippen molar-refractivity contribution in [3.63, 3.8) is 0 Å². The molecule has 1 aliphatic heterocycles. The van der Waals surface area contributed by atoms with Crippen molar-refractivity contribution < 1.29 is 4.74 Å². The number of allylic oxidation sites excluding steroid dienone is 1. The largest absolute Gasteiger partial charge is 0.457 e. The molecule has 0 spiro atoms. The normalized spacial score (nSPS) is 13.6. The van der Waals surface area contributed by atoms with Gasteiger partial charge in [-0.05, 0) is 104 Å². The van der Waals surface area contributed by atoms with Crippen molar-refractivity contribution in [2.45, 2.75) is 90.9 Å². The summed E-state index contributed by atoms with van der Waals surface area (Å²) in [4.78, 5) is 9.95. The van der Waals surface area contributed by atoms with Gasteiger partial charge in [0.1, 0.15) is 17.3 Å². The van der Waals surface area contributed by atoms with Gasteiger partial charge in [0.2, 0.25) is 0 Å². The molecule has 0 N–H and O–H groups in total. The lowest BCUT2D eigenvalue weighted by Gasteiger charge is -2.35. The van der Waals surface area contributed by atoms with Gasteiger partial charge in [-0.15, -0.1) is 0 Å². The number of hydrogen-bond donors (Lipinski definition) is 0. The van der Waals surface area contributed by atoms with Crippen LogP contribution >= 0.6 is 0 Å². The van der Waals surface area contributed by atoms with Crippen molar-refractivity contribution in [1.29, 1.82) is 0 Å². The van der Waals surface area contributed by atoms with Crippen LogP contribution < -0.4 is 14.5 Å². The van der Waals surface area contributed by atoms with E-state index in [9.17, 15) is 0 Å². The predicted octanol–water partition coefficient (Wildman–Crippen LogP) is 16.7. The molecule has 346 valence electrons. The summed E-state index contributed by atoms with van der Waals surface area (Å²) in [5.74, 6) is 2.43. The number of benzene rings is 7. The molecule has 7 aromatic carbocycles. The van der Waals surface area contributed by atoms with E-state index in [1.807, 2.05) is 6.20 Å². The monoisotopic (exact) mass is 905 g/mol. The molecule has 1 aliphatic rings. The lowest BCUT2D eigenvalue weighted by Crippen LogP contribution is -2.34. The van der Waals surface area contributed by atoms with Gasteiger partial charge in [-0.3, -0.25) is 4.57 Å². The molecule has 0 saturated carbocycles. The molecule has 0 amide bonds. The third-order valence-electron chi connectivity index (χ3n) is 14.4. The van der Waals surface area contributed by atoms with Crippen LogP contribution in [0.4, 0.5) is 11.4 Å². The number of para-hydroxylation sites is 1. The molecule has 0 radical (unpaired) electrons. The van der Waals surface area contributed by atoms with Crippen molar-refractivity contribution in [3.8, 4) is 28.4 Å². The SMILES string of the molecule is CC(C)(C)c1cc(-c2ccccc2)cc(N2C=C(C(C)(C)c3ccccc3)N(c3cc(Oc4ccc5c6ccccc6n(-c6cc(C(C)(C)c7ccccc7)ccn6)c5c4)cc(C(C)(C)C)c3)C2)c1. The van der Waals surface area contributed by atoms with Gasteiger partial charge in [-0.1, -0.05) is 184 Å². The van der Waals surface area contributed by atoms with Gasteiger partial charge in [0, 0.05) is 63.2 Å². The maximum Gasteiger partial charge on any atom is 0.137 e. The smallest absolute Gasteiger partial charge is 0.137 e. The second kappa shape index (κ2) is 17.3. The number of fused-ring (bicyclic) bond motifs is 3. The molecule has 0 aliphatic carbocycles. The summed E-state index contributed by atoms with van der Waals surface area (Å²) in [6.07, 6.45) is 4.32. The fourth-order valence-electron chi connectivity index (χ4n) is 9.95. The van der Waals surface area contributed by atoms with Crippen LogP contribution in [0.25, 0.3) is 38.8 Å². The molecule has 0 saturated heterocycles. The van der Waals surface area contributed by atoms with Gasteiger partial charge in [-0.25, -0.2) is 4.98 Å². The van der Waals surface area contributed by atoms with Gasteiger partial charge in [0.15, 0.2) is 0 Å². The molecule has 5 nitrogen and oxygen atoms in total. The van der Waals surface area contributed by atoms with E-state index >= 15 is 0 Å². The third-order valence-corrected chi connectivity index (χ3v) is 14.4.